The third-order valence-corrected chi connectivity index (χ3v) is 1.82. The summed E-state index contributed by atoms with van der Waals surface area (Å²) in [6.45, 7) is 1.93. The Bertz CT molecular complexity index is 369. The Morgan fingerprint density at radius 3 is 2.71 bits per heavy atom. The molecule has 0 bridgehead atoms. The van der Waals surface area contributed by atoms with Crippen molar-refractivity contribution < 1.29 is 14.8 Å². The van der Waals surface area contributed by atoms with Crippen molar-refractivity contribution in [3.8, 4) is 0 Å². The van der Waals surface area contributed by atoms with Crippen molar-refractivity contribution in [2.45, 2.75) is 20.0 Å². The molecule has 14 heavy (non-hydrogen) atoms. The summed E-state index contributed by atoms with van der Waals surface area (Å²) in [7, 11) is 0. The molecular formula is C8H10N2O4. The highest BCUT2D eigenvalue weighted by molar-refractivity contribution is 5.86. The van der Waals surface area contributed by atoms with E-state index >= 15 is 0 Å². The first-order valence-electron chi connectivity index (χ1n) is 4.08. The van der Waals surface area contributed by atoms with Crippen LogP contribution in [0.25, 0.3) is 0 Å². The van der Waals surface area contributed by atoms with Crippen LogP contribution in [0, 0.1) is 10.1 Å². The van der Waals surface area contributed by atoms with E-state index in [0.29, 0.717) is 12.1 Å². The molecule has 0 unspecified atom stereocenters. The Balaban J connectivity index is 3.00. The van der Waals surface area contributed by atoms with Crippen molar-refractivity contribution in [1.82, 2.24) is 4.57 Å². The van der Waals surface area contributed by atoms with Gasteiger partial charge in [0.2, 0.25) is 6.54 Å². The second kappa shape index (κ2) is 3.91. The fourth-order valence-corrected chi connectivity index (χ4v) is 1.25. The van der Waals surface area contributed by atoms with Crippen molar-refractivity contribution in [2.75, 3.05) is 0 Å². The molecule has 0 aromatic carbocycles. The van der Waals surface area contributed by atoms with Gasteiger partial charge in [-0.3, -0.25) is 10.1 Å². The van der Waals surface area contributed by atoms with Gasteiger partial charge in [0.1, 0.15) is 5.69 Å². The molecule has 0 amide bonds. The van der Waals surface area contributed by atoms with Crippen molar-refractivity contribution in [3.05, 3.63) is 33.6 Å². The molecule has 0 aliphatic carbocycles. The second-order valence-corrected chi connectivity index (χ2v) is 2.82. The predicted molar refractivity (Wildman–Crippen MR) is 47.8 cm³/mol. The summed E-state index contributed by atoms with van der Waals surface area (Å²) >= 11 is 0. The van der Waals surface area contributed by atoms with Gasteiger partial charge in [-0.2, -0.15) is 0 Å². The van der Waals surface area contributed by atoms with E-state index in [9.17, 15) is 14.9 Å². The van der Waals surface area contributed by atoms with E-state index < -0.39 is 10.9 Å². The van der Waals surface area contributed by atoms with E-state index in [1.807, 2.05) is 0 Å². The smallest absolute Gasteiger partial charge is 0.352 e. The summed E-state index contributed by atoms with van der Waals surface area (Å²) < 4.78 is 1.47. The zero-order valence-electron chi connectivity index (χ0n) is 7.64. The van der Waals surface area contributed by atoms with Crippen LogP contribution in [0.15, 0.2) is 12.3 Å². The van der Waals surface area contributed by atoms with Gasteiger partial charge in [-0.05, 0) is 13.0 Å². The number of aryl methyl sites for hydroxylation is 1. The van der Waals surface area contributed by atoms with Gasteiger partial charge in [-0.1, -0.05) is 0 Å². The average Bonchev–Trinajstić information content (AvgIpc) is 2.46. The van der Waals surface area contributed by atoms with E-state index in [-0.39, 0.29) is 12.2 Å². The Labute approximate surface area is 79.9 Å². The molecule has 0 radical (unpaired) electrons. The first-order chi connectivity index (χ1) is 6.54. The van der Waals surface area contributed by atoms with Crippen LogP contribution in [0.2, 0.25) is 0 Å². The maximum absolute atomic E-state index is 10.7. The molecule has 1 N–H and O–H groups in total. The third kappa shape index (κ3) is 2.09. The molecule has 0 fully saturated rings. The summed E-state index contributed by atoms with van der Waals surface area (Å²) in [5.74, 6) is -1.07. The molecule has 0 saturated heterocycles. The Hall–Kier alpha value is -1.85. The number of carboxylic acids is 1. The highest BCUT2D eigenvalue weighted by Gasteiger charge is 2.13. The number of rotatable bonds is 4. The number of nitro groups is 1. The maximum Gasteiger partial charge on any atom is 0.352 e. The standard InChI is InChI=1S/C8H10N2O4/c1-2-9-4-6(5-10(13)14)3-7(9)8(11)12/h3-4H,2,5H2,1H3,(H,11,12). The zero-order valence-corrected chi connectivity index (χ0v) is 7.64. The fourth-order valence-electron chi connectivity index (χ4n) is 1.25. The average molecular weight is 198 g/mol. The summed E-state index contributed by atoms with van der Waals surface area (Å²) in [5, 5.41) is 18.9. The lowest BCUT2D eigenvalue weighted by atomic mass is 10.3. The zero-order chi connectivity index (χ0) is 10.7. The van der Waals surface area contributed by atoms with E-state index in [0.717, 1.165) is 0 Å². The lowest BCUT2D eigenvalue weighted by Gasteiger charge is -1.99. The van der Waals surface area contributed by atoms with Crippen LogP contribution in [0.4, 0.5) is 0 Å². The molecule has 1 aromatic rings. The molecule has 76 valence electrons. The summed E-state index contributed by atoms with van der Waals surface area (Å²) in [6.07, 6.45) is 1.49. The van der Waals surface area contributed by atoms with Crippen molar-refractivity contribution in [1.29, 1.82) is 0 Å². The molecule has 1 aromatic heterocycles. The molecule has 0 spiro atoms. The molecule has 1 heterocycles. The number of carbonyl (C=O) groups is 1. The maximum atomic E-state index is 10.7. The number of carboxylic acid groups (broad SMARTS) is 1. The fraction of sp³-hybridized carbons (Fsp3) is 0.375. The van der Waals surface area contributed by atoms with Crippen LogP contribution in [0.3, 0.4) is 0 Å². The number of nitrogens with zero attached hydrogens (tertiary/aromatic N) is 2. The normalized spacial score (nSPS) is 10.1. The van der Waals surface area contributed by atoms with E-state index in [1.54, 1.807) is 6.92 Å². The second-order valence-electron chi connectivity index (χ2n) is 2.82. The van der Waals surface area contributed by atoms with Gasteiger partial charge in [-0.15, -0.1) is 0 Å². The SMILES string of the molecule is CCn1cc(C[N+](=O)[O-])cc1C(=O)O. The molecule has 0 atom stereocenters. The van der Waals surface area contributed by atoms with Gasteiger partial charge < -0.3 is 9.67 Å². The van der Waals surface area contributed by atoms with Crippen LogP contribution in [-0.2, 0) is 13.1 Å². The largest absolute Gasteiger partial charge is 0.477 e. The van der Waals surface area contributed by atoms with Gasteiger partial charge in [0.05, 0.1) is 0 Å². The topological polar surface area (TPSA) is 85.4 Å². The lowest BCUT2D eigenvalue weighted by Crippen LogP contribution is -2.05. The number of hydrogen-bond acceptors (Lipinski definition) is 3. The van der Waals surface area contributed by atoms with Crippen molar-refractivity contribution in [3.63, 3.8) is 0 Å². The Morgan fingerprint density at radius 1 is 1.71 bits per heavy atom. The molecule has 0 aliphatic heterocycles. The van der Waals surface area contributed by atoms with Gasteiger partial charge in [0.25, 0.3) is 0 Å². The molecule has 0 saturated carbocycles. The van der Waals surface area contributed by atoms with E-state index in [1.165, 1.54) is 16.8 Å². The minimum Gasteiger partial charge on any atom is -0.477 e. The van der Waals surface area contributed by atoms with Crippen LogP contribution in [0.1, 0.15) is 23.0 Å². The summed E-state index contributed by atoms with van der Waals surface area (Å²) in [6, 6.07) is 1.33. The Morgan fingerprint density at radius 2 is 2.36 bits per heavy atom. The van der Waals surface area contributed by atoms with Crippen molar-refractivity contribution in [2.24, 2.45) is 0 Å². The first-order valence-corrected chi connectivity index (χ1v) is 4.08. The van der Waals surface area contributed by atoms with Crippen LogP contribution >= 0.6 is 0 Å². The highest BCUT2D eigenvalue weighted by Crippen LogP contribution is 2.09. The minimum atomic E-state index is -1.07. The lowest BCUT2D eigenvalue weighted by molar-refractivity contribution is -0.496. The predicted octanol–water partition coefficient (Wildman–Crippen LogP) is 0.983. The van der Waals surface area contributed by atoms with E-state index in [4.69, 9.17) is 5.11 Å². The Kier molecular flexibility index (Phi) is 2.85. The van der Waals surface area contributed by atoms with Gasteiger partial charge in [-0.25, -0.2) is 4.79 Å². The van der Waals surface area contributed by atoms with Gasteiger partial charge in [0.15, 0.2) is 0 Å². The van der Waals surface area contributed by atoms with Crippen LogP contribution in [0.5, 0.6) is 0 Å². The molecule has 1 rings (SSSR count). The molecule has 0 aliphatic rings. The molecular weight excluding hydrogens is 188 g/mol. The first kappa shape index (κ1) is 10.2. The van der Waals surface area contributed by atoms with Crippen molar-refractivity contribution >= 4 is 5.97 Å². The van der Waals surface area contributed by atoms with Gasteiger partial charge in [0, 0.05) is 23.2 Å². The molecule has 6 heteroatoms. The molecule has 6 nitrogen and oxygen atoms in total. The minimum absolute atomic E-state index is 0.0874. The third-order valence-electron chi connectivity index (χ3n) is 1.82. The summed E-state index contributed by atoms with van der Waals surface area (Å²) in [4.78, 5) is 20.4. The number of hydrogen-bond donors (Lipinski definition) is 1. The monoisotopic (exact) mass is 198 g/mol. The summed E-state index contributed by atoms with van der Waals surface area (Å²) in [5.41, 5.74) is 0.499. The van der Waals surface area contributed by atoms with Gasteiger partial charge >= 0.3 is 5.97 Å². The number of aromatic carboxylic acids is 1. The highest BCUT2D eigenvalue weighted by atomic mass is 16.6. The number of aromatic nitrogens is 1. The quantitative estimate of drug-likeness (QED) is 0.577. The van der Waals surface area contributed by atoms with E-state index in [2.05, 4.69) is 0 Å². The van der Waals surface area contributed by atoms with Crippen LogP contribution < -0.4 is 0 Å². The van der Waals surface area contributed by atoms with Crippen LogP contribution in [-0.4, -0.2) is 20.6 Å².